The maximum Gasteiger partial charge on any atom is 0.170 e. The van der Waals surface area contributed by atoms with E-state index in [1.54, 1.807) is 12.1 Å². The van der Waals surface area contributed by atoms with E-state index in [0.717, 1.165) is 12.8 Å². The van der Waals surface area contributed by atoms with Crippen molar-refractivity contribution in [3.63, 3.8) is 0 Å². The molecule has 16 heavy (non-hydrogen) atoms. The van der Waals surface area contributed by atoms with Gasteiger partial charge in [0.1, 0.15) is 0 Å². The predicted molar refractivity (Wildman–Crippen MR) is 70.5 cm³/mol. The van der Waals surface area contributed by atoms with Gasteiger partial charge in [0.05, 0.1) is 10.0 Å². The fourth-order valence-electron chi connectivity index (χ4n) is 1.22. The zero-order valence-electron chi connectivity index (χ0n) is 8.26. The molecule has 3 N–H and O–H groups in total. The molecule has 0 bridgehead atoms. The minimum Gasteiger partial charge on any atom is -0.505 e. The molecule has 1 aromatic rings. The number of rotatable bonds is 2. The lowest BCUT2D eigenvalue weighted by Gasteiger charge is -2.11. The van der Waals surface area contributed by atoms with Gasteiger partial charge in [-0.1, -0.05) is 23.2 Å². The van der Waals surface area contributed by atoms with Crippen LogP contribution < -0.4 is 10.6 Å². The first-order valence-electron chi connectivity index (χ1n) is 4.82. The highest BCUT2D eigenvalue weighted by molar-refractivity contribution is 7.80. The number of hydrogen-bond acceptors (Lipinski definition) is 2. The molecular weight excluding hydrogens is 267 g/mol. The van der Waals surface area contributed by atoms with Gasteiger partial charge in [0.2, 0.25) is 0 Å². The Hall–Kier alpha value is -0.710. The van der Waals surface area contributed by atoms with Crippen LogP contribution in [0.15, 0.2) is 12.1 Å². The second-order valence-corrected chi connectivity index (χ2v) is 4.88. The zero-order valence-corrected chi connectivity index (χ0v) is 10.6. The molecule has 1 aliphatic rings. The Balaban J connectivity index is 2.05. The molecule has 2 rings (SSSR count). The summed E-state index contributed by atoms with van der Waals surface area (Å²) in [5, 5.41) is 16.4. The lowest BCUT2D eigenvalue weighted by atomic mass is 10.3. The van der Waals surface area contributed by atoms with E-state index in [0.29, 0.717) is 16.8 Å². The van der Waals surface area contributed by atoms with Crippen molar-refractivity contribution in [2.24, 2.45) is 0 Å². The van der Waals surface area contributed by atoms with E-state index in [1.807, 2.05) is 0 Å². The third kappa shape index (κ3) is 2.90. The Morgan fingerprint density at radius 2 is 1.88 bits per heavy atom. The van der Waals surface area contributed by atoms with E-state index in [-0.39, 0.29) is 15.8 Å². The summed E-state index contributed by atoms with van der Waals surface area (Å²) < 4.78 is 0. The van der Waals surface area contributed by atoms with E-state index in [9.17, 15) is 5.11 Å². The number of benzene rings is 1. The number of phenolic OH excluding ortho intramolecular Hbond substituents is 1. The monoisotopic (exact) mass is 276 g/mol. The van der Waals surface area contributed by atoms with Crippen LogP contribution in [0.4, 0.5) is 5.69 Å². The van der Waals surface area contributed by atoms with Crippen LogP contribution in [0.3, 0.4) is 0 Å². The molecule has 1 saturated carbocycles. The SMILES string of the molecule is Oc1c(Cl)cc(NC(=S)NC2CC2)cc1Cl. The molecular formula is C10H10Cl2N2OS. The van der Waals surface area contributed by atoms with E-state index in [1.165, 1.54) is 0 Å². The van der Waals surface area contributed by atoms with Crippen molar-refractivity contribution in [1.82, 2.24) is 5.32 Å². The van der Waals surface area contributed by atoms with Crippen LogP contribution in [0.25, 0.3) is 0 Å². The summed E-state index contributed by atoms with van der Waals surface area (Å²) in [6, 6.07) is 3.64. The molecule has 0 saturated heterocycles. The average Bonchev–Trinajstić information content (AvgIpc) is 2.97. The molecule has 6 heteroatoms. The Labute approximate surface area is 109 Å². The summed E-state index contributed by atoms with van der Waals surface area (Å²) in [4.78, 5) is 0. The van der Waals surface area contributed by atoms with Crippen molar-refractivity contribution in [2.45, 2.75) is 18.9 Å². The third-order valence-corrected chi connectivity index (χ3v) is 2.98. The van der Waals surface area contributed by atoms with Crippen LogP contribution in [-0.2, 0) is 0 Å². The highest BCUT2D eigenvalue weighted by atomic mass is 35.5. The van der Waals surface area contributed by atoms with Gasteiger partial charge in [-0.2, -0.15) is 0 Å². The van der Waals surface area contributed by atoms with Crippen LogP contribution in [0.2, 0.25) is 10.0 Å². The molecule has 0 amide bonds. The molecule has 0 aliphatic heterocycles. The molecule has 86 valence electrons. The number of halogens is 2. The van der Waals surface area contributed by atoms with E-state index in [4.69, 9.17) is 35.4 Å². The number of thiocarbonyl (C=S) groups is 1. The van der Waals surface area contributed by atoms with Gasteiger partial charge in [-0.05, 0) is 37.2 Å². The minimum absolute atomic E-state index is 0.116. The van der Waals surface area contributed by atoms with Crippen molar-refractivity contribution >= 4 is 46.2 Å². The standard InChI is InChI=1S/C10H10Cl2N2OS/c11-7-3-6(4-8(12)9(7)15)14-10(16)13-5-1-2-5/h3-5,15H,1-2H2,(H2,13,14,16). The molecule has 1 aromatic carbocycles. The summed E-state index contributed by atoms with van der Waals surface area (Å²) in [6.45, 7) is 0. The van der Waals surface area contributed by atoms with Gasteiger partial charge in [0.15, 0.2) is 10.9 Å². The van der Waals surface area contributed by atoms with Gasteiger partial charge in [-0.15, -0.1) is 0 Å². The molecule has 0 atom stereocenters. The molecule has 0 unspecified atom stereocenters. The Morgan fingerprint density at radius 1 is 1.31 bits per heavy atom. The second kappa shape index (κ2) is 4.65. The molecule has 0 heterocycles. The van der Waals surface area contributed by atoms with Crippen LogP contribution in [0, 0.1) is 0 Å². The minimum atomic E-state index is -0.116. The van der Waals surface area contributed by atoms with Gasteiger partial charge in [-0.25, -0.2) is 0 Å². The lowest BCUT2D eigenvalue weighted by Crippen LogP contribution is -2.30. The summed E-state index contributed by atoms with van der Waals surface area (Å²) in [6.07, 6.45) is 2.30. The van der Waals surface area contributed by atoms with Gasteiger partial charge in [0, 0.05) is 11.7 Å². The topological polar surface area (TPSA) is 44.3 Å². The molecule has 1 fully saturated rings. The first-order chi connectivity index (χ1) is 7.56. The van der Waals surface area contributed by atoms with Crippen molar-refractivity contribution in [2.75, 3.05) is 5.32 Å². The lowest BCUT2D eigenvalue weighted by molar-refractivity contribution is 0.476. The quantitative estimate of drug-likeness (QED) is 0.574. The number of phenols is 1. The summed E-state index contributed by atoms with van der Waals surface area (Å²) >= 11 is 16.7. The normalized spacial score (nSPS) is 14.6. The number of hydrogen-bond donors (Lipinski definition) is 3. The molecule has 3 nitrogen and oxygen atoms in total. The molecule has 0 spiro atoms. The van der Waals surface area contributed by atoms with Gasteiger partial charge in [0.25, 0.3) is 0 Å². The fourth-order valence-corrected chi connectivity index (χ4v) is 1.99. The number of anilines is 1. The van der Waals surface area contributed by atoms with Crippen molar-refractivity contribution in [3.05, 3.63) is 22.2 Å². The highest BCUT2D eigenvalue weighted by Crippen LogP contribution is 2.34. The summed E-state index contributed by atoms with van der Waals surface area (Å²) in [5.74, 6) is -0.116. The van der Waals surface area contributed by atoms with Crippen LogP contribution in [0.5, 0.6) is 5.75 Å². The second-order valence-electron chi connectivity index (χ2n) is 3.66. The first kappa shape index (κ1) is 11.8. The summed E-state index contributed by atoms with van der Waals surface area (Å²) in [7, 11) is 0. The Morgan fingerprint density at radius 3 is 2.38 bits per heavy atom. The first-order valence-corrected chi connectivity index (χ1v) is 5.98. The zero-order chi connectivity index (χ0) is 11.7. The highest BCUT2D eigenvalue weighted by Gasteiger charge is 2.21. The van der Waals surface area contributed by atoms with Crippen LogP contribution in [0.1, 0.15) is 12.8 Å². The van der Waals surface area contributed by atoms with Crippen molar-refractivity contribution in [1.29, 1.82) is 0 Å². The van der Waals surface area contributed by atoms with Crippen molar-refractivity contribution < 1.29 is 5.11 Å². The summed E-state index contributed by atoms with van der Waals surface area (Å²) in [5.41, 5.74) is 0.658. The number of aromatic hydroxyl groups is 1. The van der Waals surface area contributed by atoms with E-state index in [2.05, 4.69) is 10.6 Å². The molecule has 0 aromatic heterocycles. The number of nitrogens with one attached hydrogen (secondary N) is 2. The van der Waals surface area contributed by atoms with E-state index >= 15 is 0 Å². The van der Waals surface area contributed by atoms with Gasteiger partial charge in [-0.3, -0.25) is 0 Å². The van der Waals surface area contributed by atoms with Crippen molar-refractivity contribution in [3.8, 4) is 5.75 Å². The fraction of sp³-hybridized carbons (Fsp3) is 0.300. The predicted octanol–water partition coefficient (Wildman–Crippen LogP) is 3.15. The third-order valence-electron chi connectivity index (χ3n) is 2.19. The van der Waals surface area contributed by atoms with E-state index < -0.39 is 0 Å². The average molecular weight is 277 g/mol. The largest absolute Gasteiger partial charge is 0.505 e. The molecule has 1 aliphatic carbocycles. The van der Waals surface area contributed by atoms with Gasteiger partial charge >= 0.3 is 0 Å². The Kier molecular flexibility index (Phi) is 3.42. The van der Waals surface area contributed by atoms with Crippen LogP contribution in [-0.4, -0.2) is 16.3 Å². The maximum atomic E-state index is 9.38. The van der Waals surface area contributed by atoms with Gasteiger partial charge < -0.3 is 15.7 Å². The van der Waals surface area contributed by atoms with Crippen LogP contribution >= 0.6 is 35.4 Å². The smallest absolute Gasteiger partial charge is 0.170 e. The maximum absolute atomic E-state index is 9.38. The molecule has 0 radical (unpaired) electrons. The Bertz CT molecular complexity index is 412.